The third-order valence-electron chi connectivity index (χ3n) is 2.61. The number of rotatable bonds is 2. The summed E-state index contributed by atoms with van der Waals surface area (Å²) in [7, 11) is -6.00. The molecule has 2 rings (SSSR count). The molecule has 0 spiro atoms. The van der Waals surface area contributed by atoms with Gasteiger partial charge in [0.2, 0.25) is 0 Å². The highest BCUT2D eigenvalue weighted by atomic mass is 19.5. The predicted molar refractivity (Wildman–Crippen MR) is 68.3 cm³/mol. The molecule has 22 heavy (non-hydrogen) atoms. The minimum atomic E-state index is -6.00. The fourth-order valence-electron chi connectivity index (χ4n) is 1.85. The van der Waals surface area contributed by atoms with Gasteiger partial charge in [-0.25, -0.2) is 0 Å². The van der Waals surface area contributed by atoms with Gasteiger partial charge in [-0.1, -0.05) is 16.9 Å². The third-order valence-corrected chi connectivity index (χ3v) is 2.61. The summed E-state index contributed by atoms with van der Waals surface area (Å²) in [6, 6.07) is 1.47. The summed E-state index contributed by atoms with van der Waals surface area (Å²) >= 11 is 0. The lowest BCUT2D eigenvalue weighted by Gasteiger charge is -1.98. The van der Waals surface area contributed by atoms with Crippen molar-refractivity contribution in [1.82, 2.24) is 0 Å². The van der Waals surface area contributed by atoms with E-state index in [2.05, 4.69) is 14.8 Å². The van der Waals surface area contributed by atoms with Gasteiger partial charge in [0.15, 0.2) is 10.7 Å². The SMILES string of the molecule is CCc1c([N+](=O)[O-])cc(C)c2c1=NC(=[N+]=[N-])N=2.F[B-](F)(F)F. The van der Waals surface area contributed by atoms with Crippen LogP contribution in [0, 0.1) is 17.0 Å². The van der Waals surface area contributed by atoms with E-state index in [1.54, 1.807) is 6.92 Å². The average molecular weight is 318 g/mol. The lowest BCUT2D eigenvalue weighted by atomic mass is 10.1. The Morgan fingerprint density at radius 1 is 1.32 bits per heavy atom. The molecule has 0 fully saturated rings. The Balaban J connectivity index is 0.000000422. The molecule has 0 N–H and O–H groups in total. The maximum Gasteiger partial charge on any atom is 0.673 e. The number of hydrogen-bond acceptors (Lipinski definition) is 2. The predicted octanol–water partition coefficient (Wildman–Crippen LogP) is 1.60. The lowest BCUT2D eigenvalue weighted by molar-refractivity contribution is -0.385. The second-order valence-corrected chi connectivity index (χ2v) is 4.12. The van der Waals surface area contributed by atoms with Crippen LogP contribution in [0.5, 0.6) is 0 Å². The fraction of sp³-hybridized carbons (Fsp3) is 0.300. The van der Waals surface area contributed by atoms with Gasteiger partial charge in [-0.15, -0.1) is 0 Å². The molecule has 0 amide bonds. The van der Waals surface area contributed by atoms with Gasteiger partial charge >= 0.3 is 13.2 Å². The first-order valence-electron chi connectivity index (χ1n) is 5.92. The minimum absolute atomic E-state index is 0.0295. The van der Waals surface area contributed by atoms with Gasteiger partial charge in [-0.2, -0.15) is 0 Å². The molecule has 0 radical (unpaired) electrons. The van der Waals surface area contributed by atoms with E-state index in [0.717, 1.165) is 0 Å². The highest BCUT2D eigenvalue weighted by Gasteiger charge is 2.25. The molecule has 0 aliphatic carbocycles. The monoisotopic (exact) mass is 318 g/mol. The van der Waals surface area contributed by atoms with E-state index in [9.17, 15) is 27.4 Å². The topological polar surface area (TPSA) is 104 Å². The van der Waals surface area contributed by atoms with Crippen molar-refractivity contribution >= 4 is 18.9 Å². The van der Waals surface area contributed by atoms with Crippen molar-refractivity contribution in [3.63, 3.8) is 0 Å². The number of guanidine groups is 1. The molecule has 0 atom stereocenters. The molecular weight excluding hydrogens is 309 g/mol. The van der Waals surface area contributed by atoms with Crippen LogP contribution in [0.1, 0.15) is 18.1 Å². The van der Waals surface area contributed by atoms with Gasteiger partial charge in [0, 0.05) is 11.6 Å². The molecule has 0 saturated heterocycles. The second kappa shape index (κ2) is 6.44. The van der Waals surface area contributed by atoms with E-state index in [1.807, 2.05) is 6.92 Å². The van der Waals surface area contributed by atoms with Crippen molar-refractivity contribution < 1.29 is 27.0 Å². The number of fused-ring (bicyclic) bond motifs is 1. The molecule has 0 bridgehead atoms. The Morgan fingerprint density at radius 3 is 2.23 bits per heavy atom. The van der Waals surface area contributed by atoms with Crippen molar-refractivity contribution in [1.29, 1.82) is 0 Å². The maximum atomic E-state index is 10.9. The Bertz CT molecular complexity index is 780. The summed E-state index contributed by atoms with van der Waals surface area (Å²) in [5.41, 5.74) is 9.82. The Labute approximate surface area is 120 Å². The summed E-state index contributed by atoms with van der Waals surface area (Å²) in [5.74, 6) is -0.0710. The number of nitrogens with zero attached hydrogens (tertiary/aromatic N) is 5. The molecule has 0 unspecified atom stereocenters. The summed E-state index contributed by atoms with van der Waals surface area (Å²) in [6.07, 6.45) is 0.469. The van der Waals surface area contributed by atoms with E-state index in [-0.39, 0.29) is 11.6 Å². The highest BCUT2D eigenvalue weighted by Crippen LogP contribution is 2.15. The molecule has 1 aromatic rings. The summed E-state index contributed by atoms with van der Waals surface area (Å²) in [5, 5.41) is 11.9. The molecule has 7 nitrogen and oxygen atoms in total. The lowest BCUT2D eigenvalue weighted by Crippen LogP contribution is -2.29. The van der Waals surface area contributed by atoms with Crippen molar-refractivity contribution in [2.24, 2.45) is 9.98 Å². The number of halogens is 4. The van der Waals surface area contributed by atoms with Crippen LogP contribution in [0.3, 0.4) is 0 Å². The first-order chi connectivity index (χ1) is 10.1. The average Bonchev–Trinajstić information content (AvgIpc) is 2.81. The minimum Gasteiger partial charge on any atom is -0.542 e. The van der Waals surface area contributed by atoms with Crippen molar-refractivity contribution in [3.05, 3.63) is 43.6 Å². The van der Waals surface area contributed by atoms with Gasteiger partial charge in [0.1, 0.15) is 0 Å². The molecule has 0 saturated carbocycles. The first-order valence-corrected chi connectivity index (χ1v) is 5.92. The summed E-state index contributed by atoms with van der Waals surface area (Å²) < 4.78 is 39.0. The van der Waals surface area contributed by atoms with E-state index < -0.39 is 12.2 Å². The molecule has 12 heteroatoms. The van der Waals surface area contributed by atoms with Crippen molar-refractivity contribution in [2.45, 2.75) is 20.3 Å². The van der Waals surface area contributed by atoms with Crippen LogP contribution in [-0.4, -0.2) is 22.9 Å². The smallest absolute Gasteiger partial charge is 0.542 e. The van der Waals surface area contributed by atoms with Gasteiger partial charge in [0.05, 0.1) is 10.5 Å². The quantitative estimate of drug-likeness (QED) is 0.206. The van der Waals surface area contributed by atoms with Gasteiger partial charge in [0.25, 0.3) is 5.69 Å². The molecule has 118 valence electrons. The number of nitro benzene ring substituents is 1. The van der Waals surface area contributed by atoms with Crippen LogP contribution < -0.4 is 10.7 Å². The number of hydrogen-bond donors (Lipinski definition) is 0. The fourth-order valence-corrected chi connectivity index (χ4v) is 1.85. The molecule has 1 aromatic carbocycles. The van der Waals surface area contributed by atoms with Crippen LogP contribution >= 0.6 is 0 Å². The standard InChI is InChI=1S/C10H9N5O2.BF4/c1-3-6-7(15(16)17)4-5(2)8-9(6)13-10(12-8)14-11;2-1(3,4)5/h4H,3H2,1-2H3;/q;-1. The van der Waals surface area contributed by atoms with Crippen LogP contribution in [0.2, 0.25) is 0 Å². The zero-order valence-corrected chi connectivity index (χ0v) is 11.4. The number of aryl methyl sites for hydroxylation is 1. The van der Waals surface area contributed by atoms with Gasteiger partial charge in [-0.05, 0) is 13.3 Å². The van der Waals surface area contributed by atoms with Gasteiger partial charge in [-0.3, -0.25) is 10.1 Å². The Morgan fingerprint density at radius 2 is 1.82 bits per heavy atom. The molecular formula is C10H9BF4N5O2-. The first kappa shape index (κ1) is 17.4. The Kier molecular flexibility index (Phi) is 5.10. The van der Waals surface area contributed by atoms with Crippen molar-refractivity contribution in [2.75, 3.05) is 0 Å². The molecule has 1 aliphatic heterocycles. The van der Waals surface area contributed by atoms with Crippen LogP contribution in [0.15, 0.2) is 16.1 Å². The zero-order chi connectivity index (χ0) is 17.1. The van der Waals surface area contributed by atoms with Crippen LogP contribution in [-0.2, 0) is 6.42 Å². The normalized spacial score (nSPS) is 12.4. The van der Waals surface area contributed by atoms with E-state index >= 15 is 0 Å². The molecule has 0 aromatic heterocycles. The number of benzene rings is 1. The van der Waals surface area contributed by atoms with Crippen LogP contribution in [0.25, 0.3) is 5.53 Å². The second-order valence-electron chi connectivity index (χ2n) is 4.12. The van der Waals surface area contributed by atoms with Crippen molar-refractivity contribution in [3.8, 4) is 0 Å². The largest absolute Gasteiger partial charge is 0.673 e. The summed E-state index contributed by atoms with van der Waals surface area (Å²) in [6.45, 7) is 3.52. The summed E-state index contributed by atoms with van der Waals surface area (Å²) in [4.78, 5) is 21.4. The van der Waals surface area contributed by atoms with Gasteiger partial charge < -0.3 is 27.6 Å². The third kappa shape index (κ3) is 4.19. The number of nitro groups is 1. The van der Waals surface area contributed by atoms with E-state index in [4.69, 9.17) is 5.53 Å². The highest BCUT2D eigenvalue weighted by molar-refractivity contribution is 6.50. The maximum absolute atomic E-state index is 10.9. The Hall–Kier alpha value is -2.62. The van der Waals surface area contributed by atoms with E-state index in [0.29, 0.717) is 28.3 Å². The molecule has 1 aliphatic rings. The van der Waals surface area contributed by atoms with E-state index in [1.165, 1.54) is 6.07 Å². The molecule has 1 heterocycles. The zero-order valence-electron chi connectivity index (χ0n) is 11.4. The van der Waals surface area contributed by atoms with Crippen LogP contribution in [0.4, 0.5) is 23.0 Å².